The Hall–Kier alpha value is -0.620. The lowest BCUT2D eigenvalue weighted by atomic mass is 9.92. The second-order valence-electron chi connectivity index (χ2n) is 6.66. The molecule has 19 heavy (non-hydrogen) atoms. The Morgan fingerprint density at radius 3 is 2.16 bits per heavy atom. The van der Waals surface area contributed by atoms with Crippen LogP contribution < -0.4 is 5.32 Å². The Morgan fingerprint density at radius 1 is 1.16 bits per heavy atom. The molecule has 0 bridgehead atoms. The first-order valence-corrected chi connectivity index (χ1v) is 8.77. The van der Waals surface area contributed by atoms with Crippen LogP contribution in [-0.4, -0.2) is 56.4 Å². The molecule has 0 aromatic heterocycles. The Bertz CT molecular complexity index is 464. The third-order valence-electron chi connectivity index (χ3n) is 4.48. The van der Waals surface area contributed by atoms with Crippen LogP contribution in [0, 0.1) is 5.41 Å². The van der Waals surface area contributed by atoms with Gasteiger partial charge in [0.25, 0.3) is 0 Å². The summed E-state index contributed by atoms with van der Waals surface area (Å²) < 4.78 is 23.2. The van der Waals surface area contributed by atoms with Crippen LogP contribution >= 0.6 is 0 Å². The predicted octanol–water partition coefficient (Wildman–Crippen LogP) is 0.412. The highest BCUT2D eigenvalue weighted by Crippen LogP contribution is 2.35. The van der Waals surface area contributed by atoms with Gasteiger partial charge in [-0.15, -0.1) is 0 Å². The minimum absolute atomic E-state index is 0.0985. The lowest BCUT2D eigenvalue weighted by Gasteiger charge is -2.37. The fraction of sp³-hybridized carbons (Fsp3) is 0.923. The molecule has 0 unspecified atom stereocenters. The fourth-order valence-corrected chi connectivity index (χ4v) is 4.54. The summed E-state index contributed by atoms with van der Waals surface area (Å²) in [7, 11) is -3.39. The molecule has 6 heteroatoms. The predicted molar refractivity (Wildman–Crippen MR) is 74.7 cm³/mol. The molecule has 2 saturated heterocycles. The summed E-state index contributed by atoms with van der Waals surface area (Å²) in [5.41, 5.74) is 0.0985. The van der Waals surface area contributed by atoms with E-state index in [0.717, 1.165) is 6.42 Å². The molecule has 2 aliphatic heterocycles. The molecule has 1 N–H and O–H groups in total. The topological polar surface area (TPSA) is 66.5 Å². The van der Waals surface area contributed by atoms with Crippen LogP contribution in [-0.2, 0) is 14.6 Å². The van der Waals surface area contributed by atoms with Crippen molar-refractivity contribution in [3.8, 4) is 0 Å². The maximum Gasteiger partial charge on any atom is 0.244 e. The number of nitrogens with one attached hydrogen (secondary N) is 1. The summed E-state index contributed by atoms with van der Waals surface area (Å²) in [4.78, 5) is 14.5. The van der Waals surface area contributed by atoms with E-state index in [1.807, 2.05) is 0 Å². The lowest BCUT2D eigenvalue weighted by Crippen LogP contribution is -2.58. The molecule has 0 aliphatic carbocycles. The van der Waals surface area contributed by atoms with Crippen molar-refractivity contribution in [3.05, 3.63) is 0 Å². The number of rotatable bonds is 2. The molecular formula is C13H24N2O3S. The van der Waals surface area contributed by atoms with E-state index in [9.17, 15) is 13.2 Å². The van der Waals surface area contributed by atoms with Gasteiger partial charge in [0.1, 0.15) is 0 Å². The molecule has 110 valence electrons. The zero-order valence-electron chi connectivity index (χ0n) is 12.0. The number of sulfone groups is 1. The molecule has 0 saturated carbocycles. The Morgan fingerprint density at radius 2 is 1.74 bits per heavy atom. The first-order chi connectivity index (χ1) is 8.68. The van der Waals surface area contributed by atoms with Gasteiger partial charge in [0.05, 0.1) is 0 Å². The van der Waals surface area contributed by atoms with Crippen LogP contribution in [0.1, 0.15) is 33.1 Å². The quantitative estimate of drug-likeness (QED) is 0.799. The Kier molecular flexibility index (Phi) is 3.68. The van der Waals surface area contributed by atoms with Crippen molar-refractivity contribution >= 4 is 15.7 Å². The van der Waals surface area contributed by atoms with Crippen molar-refractivity contribution in [2.24, 2.45) is 5.41 Å². The van der Waals surface area contributed by atoms with Gasteiger partial charge in [-0.1, -0.05) is 13.8 Å². The number of carbonyl (C=O) groups excluding carboxylic acids is 1. The van der Waals surface area contributed by atoms with Crippen molar-refractivity contribution in [2.75, 3.05) is 32.4 Å². The van der Waals surface area contributed by atoms with Crippen LogP contribution in [0.5, 0.6) is 0 Å². The summed E-state index contributed by atoms with van der Waals surface area (Å²) in [6.45, 7) is 6.77. The smallest absolute Gasteiger partial charge is 0.244 e. The van der Waals surface area contributed by atoms with Gasteiger partial charge in [-0.05, 0) is 37.8 Å². The van der Waals surface area contributed by atoms with E-state index in [4.69, 9.17) is 0 Å². The van der Waals surface area contributed by atoms with Gasteiger partial charge in [-0.2, -0.15) is 0 Å². The fourth-order valence-electron chi connectivity index (χ4n) is 3.15. The van der Waals surface area contributed by atoms with E-state index in [1.54, 1.807) is 4.90 Å². The van der Waals surface area contributed by atoms with E-state index in [2.05, 4.69) is 19.2 Å². The minimum Gasteiger partial charge on any atom is -0.341 e. The van der Waals surface area contributed by atoms with Gasteiger partial charge >= 0.3 is 0 Å². The minimum atomic E-state index is -3.39. The highest BCUT2D eigenvalue weighted by Gasteiger charge is 2.51. The van der Waals surface area contributed by atoms with E-state index < -0.39 is 14.6 Å². The van der Waals surface area contributed by atoms with E-state index in [-0.39, 0.29) is 11.3 Å². The third kappa shape index (κ3) is 2.65. The van der Waals surface area contributed by atoms with Gasteiger partial charge in [0.15, 0.2) is 14.6 Å². The number of likely N-dealkylation sites (tertiary alicyclic amines) is 1. The molecule has 2 aliphatic rings. The number of amides is 1. The zero-order valence-corrected chi connectivity index (χ0v) is 12.8. The third-order valence-corrected chi connectivity index (χ3v) is 6.48. The molecule has 0 radical (unpaired) electrons. The van der Waals surface area contributed by atoms with Crippen molar-refractivity contribution in [1.82, 2.24) is 10.2 Å². The van der Waals surface area contributed by atoms with Gasteiger partial charge in [-0.3, -0.25) is 4.79 Å². The number of hydrogen-bond donors (Lipinski definition) is 1. The SMILES string of the molecule is CC1(C)CCN(C(=O)C2(S(C)(=O)=O)CCNCC2)C1. The summed E-state index contributed by atoms with van der Waals surface area (Å²) in [5.74, 6) is -0.179. The molecule has 5 nitrogen and oxygen atoms in total. The van der Waals surface area contributed by atoms with E-state index in [1.165, 1.54) is 6.26 Å². The van der Waals surface area contributed by atoms with Crippen molar-refractivity contribution < 1.29 is 13.2 Å². The summed E-state index contributed by atoms with van der Waals surface area (Å²) in [5, 5.41) is 3.14. The largest absolute Gasteiger partial charge is 0.341 e. The average Bonchev–Trinajstić information content (AvgIpc) is 2.68. The normalized spacial score (nSPS) is 26.4. The number of nitrogens with zero attached hydrogens (tertiary/aromatic N) is 1. The molecule has 0 aromatic carbocycles. The second kappa shape index (κ2) is 4.74. The van der Waals surface area contributed by atoms with Crippen molar-refractivity contribution in [2.45, 2.75) is 37.9 Å². The average molecular weight is 288 g/mol. The van der Waals surface area contributed by atoms with Gasteiger partial charge in [0.2, 0.25) is 5.91 Å². The highest BCUT2D eigenvalue weighted by atomic mass is 32.2. The number of carbonyl (C=O) groups is 1. The molecule has 1 amide bonds. The summed E-state index contributed by atoms with van der Waals surface area (Å²) in [6, 6.07) is 0. The molecule has 0 spiro atoms. The maximum atomic E-state index is 12.8. The zero-order chi connectivity index (χ0) is 14.3. The molecule has 2 heterocycles. The van der Waals surface area contributed by atoms with Gasteiger partial charge in [-0.25, -0.2) is 8.42 Å². The van der Waals surface area contributed by atoms with Crippen LogP contribution in [0.4, 0.5) is 0 Å². The number of hydrogen-bond acceptors (Lipinski definition) is 4. The van der Waals surface area contributed by atoms with Crippen LogP contribution in [0.15, 0.2) is 0 Å². The summed E-state index contributed by atoms with van der Waals surface area (Å²) >= 11 is 0. The molecule has 2 rings (SSSR count). The molecule has 2 fully saturated rings. The molecule has 0 atom stereocenters. The Labute approximate surface area is 115 Å². The standard InChI is InChI=1S/C13H24N2O3S/c1-12(2)6-9-15(10-12)11(16)13(19(3,17)18)4-7-14-8-5-13/h14H,4-10H2,1-3H3. The number of piperidine rings is 1. The second-order valence-corrected chi connectivity index (χ2v) is 8.98. The highest BCUT2D eigenvalue weighted by molar-refractivity contribution is 7.92. The maximum absolute atomic E-state index is 12.8. The molecular weight excluding hydrogens is 264 g/mol. The van der Waals surface area contributed by atoms with Crippen molar-refractivity contribution in [1.29, 1.82) is 0 Å². The van der Waals surface area contributed by atoms with E-state index in [0.29, 0.717) is 39.0 Å². The van der Waals surface area contributed by atoms with Crippen LogP contribution in [0.2, 0.25) is 0 Å². The first-order valence-electron chi connectivity index (χ1n) is 6.88. The van der Waals surface area contributed by atoms with Crippen LogP contribution in [0.25, 0.3) is 0 Å². The lowest BCUT2D eigenvalue weighted by molar-refractivity contribution is -0.134. The summed E-state index contributed by atoms with van der Waals surface area (Å²) in [6.07, 6.45) is 2.93. The van der Waals surface area contributed by atoms with Crippen LogP contribution in [0.3, 0.4) is 0 Å². The monoisotopic (exact) mass is 288 g/mol. The first kappa shape index (κ1) is 14.8. The van der Waals surface area contributed by atoms with E-state index >= 15 is 0 Å². The van der Waals surface area contributed by atoms with Gasteiger partial charge in [0, 0.05) is 19.3 Å². The van der Waals surface area contributed by atoms with Gasteiger partial charge < -0.3 is 10.2 Å². The van der Waals surface area contributed by atoms with Crippen molar-refractivity contribution in [3.63, 3.8) is 0 Å². The Balaban J connectivity index is 2.27. The molecule has 0 aromatic rings.